The molecule has 1 N–H and O–H groups in total. The van der Waals surface area contributed by atoms with Crippen LogP contribution in [-0.2, 0) is 0 Å². The van der Waals surface area contributed by atoms with Gasteiger partial charge in [0.25, 0.3) is 11.5 Å². The van der Waals surface area contributed by atoms with Gasteiger partial charge >= 0.3 is 0 Å². The molecule has 2 aromatic heterocycles. The van der Waals surface area contributed by atoms with Gasteiger partial charge in [-0.15, -0.1) is 0 Å². The fourth-order valence-electron chi connectivity index (χ4n) is 1.84. The first-order valence-electron chi connectivity index (χ1n) is 5.82. The number of hydrogen-bond donors (Lipinski definition) is 1. The van der Waals surface area contributed by atoms with Gasteiger partial charge in [0.2, 0.25) is 0 Å². The summed E-state index contributed by atoms with van der Waals surface area (Å²) in [4.78, 5) is 18.5. The fourth-order valence-corrected chi connectivity index (χ4v) is 1.84. The lowest BCUT2D eigenvalue weighted by molar-refractivity contribution is -0.384. The molecule has 0 amide bonds. The molecule has 0 saturated carbocycles. The van der Waals surface area contributed by atoms with E-state index in [0.717, 1.165) is 5.69 Å². The Labute approximate surface area is 113 Å². The predicted molar refractivity (Wildman–Crippen MR) is 71.9 cm³/mol. The Bertz CT molecular complexity index is 780. The second kappa shape index (κ2) is 4.57. The summed E-state index contributed by atoms with van der Waals surface area (Å²) in [6.45, 7) is 1.89. The van der Waals surface area contributed by atoms with E-state index in [1.165, 1.54) is 18.5 Å². The summed E-state index contributed by atoms with van der Waals surface area (Å²) in [6.07, 6.45) is 1.44. The SMILES string of the molecule is Cc1cc(Nc2ccc([N+](=O)[O-])cc2)nc2ncnn12. The second-order valence-electron chi connectivity index (χ2n) is 4.18. The highest BCUT2D eigenvalue weighted by Crippen LogP contribution is 2.19. The Morgan fingerprint density at radius 3 is 2.75 bits per heavy atom. The van der Waals surface area contributed by atoms with Gasteiger partial charge in [-0.05, 0) is 19.1 Å². The van der Waals surface area contributed by atoms with Gasteiger partial charge in [-0.1, -0.05) is 0 Å². The monoisotopic (exact) mass is 270 g/mol. The minimum Gasteiger partial charge on any atom is -0.340 e. The van der Waals surface area contributed by atoms with E-state index in [-0.39, 0.29) is 5.69 Å². The molecule has 0 unspecified atom stereocenters. The van der Waals surface area contributed by atoms with Gasteiger partial charge in [0.1, 0.15) is 12.1 Å². The average molecular weight is 270 g/mol. The number of non-ortho nitro benzene ring substituents is 1. The molecule has 0 aliphatic carbocycles. The van der Waals surface area contributed by atoms with E-state index in [0.29, 0.717) is 17.3 Å². The van der Waals surface area contributed by atoms with Gasteiger partial charge in [0.05, 0.1) is 4.92 Å². The number of anilines is 2. The summed E-state index contributed by atoms with van der Waals surface area (Å²) < 4.78 is 1.63. The zero-order valence-corrected chi connectivity index (χ0v) is 10.5. The lowest BCUT2D eigenvalue weighted by atomic mass is 10.3. The van der Waals surface area contributed by atoms with Crippen molar-refractivity contribution in [1.29, 1.82) is 0 Å². The minimum atomic E-state index is -0.436. The lowest BCUT2D eigenvalue weighted by Crippen LogP contribution is -2.01. The highest BCUT2D eigenvalue weighted by Gasteiger charge is 2.06. The third kappa shape index (κ3) is 2.14. The van der Waals surface area contributed by atoms with Crippen LogP contribution in [-0.4, -0.2) is 24.5 Å². The summed E-state index contributed by atoms with van der Waals surface area (Å²) in [6, 6.07) is 7.95. The van der Waals surface area contributed by atoms with Crippen molar-refractivity contribution < 1.29 is 4.92 Å². The van der Waals surface area contributed by atoms with Gasteiger partial charge in [0.15, 0.2) is 0 Å². The molecule has 2 heterocycles. The number of aromatic nitrogens is 4. The number of aryl methyl sites for hydroxylation is 1. The van der Waals surface area contributed by atoms with E-state index < -0.39 is 4.92 Å². The number of benzene rings is 1. The molecule has 0 aliphatic rings. The highest BCUT2D eigenvalue weighted by molar-refractivity contribution is 5.59. The van der Waals surface area contributed by atoms with E-state index in [4.69, 9.17) is 0 Å². The molecule has 0 bridgehead atoms. The number of nitro groups is 1. The number of nitrogens with zero attached hydrogens (tertiary/aromatic N) is 5. The number of nitrogens with one attached hydrogen (secondary N) is 1. The molecule has 8 heteroatoms. The molecule has 3 aromatic rings. The predicted octanol–water partition coefficient (Wildman–Crippen LogP) is 2.08. The van der Waals surface area contributed by atoms with E-state index in [1.54, 1.807) is 16.6 Å². The van der Waals surface area contributed by atoms with E-state index >= 15 is 0 Å². The van der Waals surface area contributed by atoms with Crippen LogP contribution in [0.3, 0.4) is 0 Å². The molecular weight excluding hydrogens is 260 g/mol. The van der Waals surface area contributed by atoms with Gasteiger partial charge in [-0.2, -0.15) is 15.1 Å². The molecular formula is C12H10N6O2. The molecule has 100 valence electrons. The summed E-state index contributed by atoms with van der Waals surface area (Å²) in [5.74, 6) is 1.10. The zero-order chi connectivity index (χ0) is 14.1. The van der Waals surface area contributed by atoms with Gasteiger partial charge in [-0.3, -0.25) is 10.1 Å². The Morgan fingerprint density at radius 1 is 1.30 bits per heavy atom. The van der Waals surface area contributed by atoms with Crippen LogP contribution in [0.2, 0.25) is 0 Å². The van der Waals surface area contributed by atoms with E-state index in [2.05, 4.69) is 20.4 Å². The first-order chi connectivity index (χ1) is 9.63. The maximum Gasteiger partial charge on any atom is 0.269 e. The molecule has 1 aromatic carbocycles. The third-order valence-electron chi connectivity index (χ3n) is 2.78. The number of nitro benzene ring substituents is 1. The number of fused-ring (bicyclic) bond motifs is 1. The topological polar surface area (TPSA) is 98.2 Å². The first-order valence-corrected chi connectivity index (χ1v) is 5.82. The Balaban J connectivity index is 1.90. The smallest absolute Gasteiger partial charge is 0.269 e. The average Bonchev–Trinajstić information content (AvgIpc) is 2.88. The van der Waals surface area contributed by atoms with Crippen molar-refractivity contribution in [1.82, 2.24) is 19.6 Å². The molecule has 0 aliphatic heterocycles. The molecule has 0 spiro atoms. The van der Waals surface area contributed by atoms with Crippen LogP contribution >= 0.6 is 0 Å². The summed E-state index contributed by atoms with van der Waals surface area (Å²) in [7, 11) is 0. The van der Waals surface area contributed by atoms with Crippen LogP contribution in [0.15, 0.2) is 36.7 Å². The van der Waals surface area contributed by atoms with Crippen molar-refractivity contribution in [2.75, 3.05) is 5.32 Å². The maximum absolute atomic E-state index is 10.6. The summed E-state index contributed by atoms with van der Waals surface area (Å²) in [5.41, 5.74) is 1.65. The van der Waals surface area contributed by atoms with Crippen molar-refractivity contribution in [3.63, 3.8) is 0 Å². The summed E-state index contributed by atoms with van der Waals surface area (Å²) in [5, 5.41) is 17.7. The van der Waals surface area contributed by atoms with Crippen molar-refractivity contribution in [2.24, 2.45) is 0 Å². The Morgan fingerprint density at radius 2 is 2.05 bits per heavy atom. The Hall–Kier alpha value is -3.03. The van der Waals surface area contributed by atoms with Crippen LogP contribution in [0.5, 0.6) is 0 Å². The van der Waals surface area contributed by atoms with Gasteiger partial charge in [-0.25, -0.2) is 4.52 Å². The fraction of sp³-hybridized carbons (Fsp3) is 0.0833. The van der Waals surface area contributed by atoms with Crippen molar-refractivity contribution in [3.8, 4) is 0 Å². The van der Waals surface area contributed by atoms with E-state index in [1.807, 2.05) is 13.0 Å². The maximum atomic E-state index is 10.6. The normalized spacial score (nSPS) is 10.7. The molecule has 0 radical (unpaired) electrons. The van der Waals surface area contributed by atoms with Crippen LogP contribution in [0.1, 0.15) is 5.69 Å². The molecule has 3 rings (SSSR count). The Kier molecular flexibility index (Phi) is 2.75. The van der Waals surface area contributed by atoms with Gasteiger partial charge in [0, 0.05) is 29.6 Å². The largest absolute Gasteiger partial charge is 0.340 e. The van der Waals surface area contributed by atoms with Crippen molar-refractivity contribution in [2.45, 2.75) is 6.92 Å². The quantitative estimate of drug-likeness (QED) is 0.578. The highest BCUT2D eigenvalue weighted by atomic mass is 16.6. The number of rotatable bonds is 3. The van der Waals surface area contributed by atoms with Crippen molar-refractivity contribution in [3.05, 3.63) is 52.5 Å². The standard InChI is InChI=1S/C12H10N6O2/c1-8-6-11(16-12-13-7-14-17(8)12)15-9-2-4-10(5-3-9)18(19)20/h2-7H,1H3,(H,13,14,15,16). The molecule has 0 fully saturated rings. The van der Waals surface area contributed by atoms with Crippen LogP contribution in [0.4, 0.5) is 17.2 Å². The second-order valence-corrected chi connectivity index (χ2v) is 4.18. The first kappa shape index (κ1) is 12.0. The van der Waals surface area contributed by atoms with Crippen LogP contribution in [0.25, 0.3) is 5.78 Å². The molecule has 0 atom stereocenters. The zero-order valence-electron chi connectivity index (χ0n) is 10.5. The number of hydrogen-bond acceptors (Lipinski definition) is 6. The van der Waals surface area contributed by atoms with Crippen LogP contribution in [0, 0.1) is 17.0 Å². The minimum absolute atomic E-state index is 0.0487. The summed E-state index contributed by atoms with van der Waals surface area (Å²) >= 11 is 0. The van der Waals surface area contributed by atoms with Crippen LogP contribution < -0.4 is 5.32 Å². The van der Waals surface area contributed by atoms with Crippen molar-refractivity contribution >= 4 is 23.0 Å². The lowest BCUT2D eigenvalue weighted by Gasteiger charge is -2.06. The molecule has 0 saturated heterocycles. The molecule has 20 heavy (non-hydrogen) atoms. The van der Waals surface area contributed by atoms with Gasteiger partial charge < -0.3 is 5.32 Å². The molecule has 8 nitrogen and oxygen atoms in total. The van der Waals surface area contributed by atoms with E-state index in [9.17, 15) is 10.1 Å². The third-order valence-corrected chi connectivity index (χ3v) is 2.78.